The lowest BCUT2D eigenvalue weighted by Gasteiger charge is -2.10. The number of rotatable bonds is 7. The predicted octanol–water partition coefficient (Wildman–Crippen LogP) is 3.68. The van der Waals surface area contributed by atoms with E-state index < -0.39 is 0 Å². The summed E-state index contributed by atoms with van der Waals surface area (Å²) < 4.78 is 0. The molecule has 112 valence electrons. The molecule has 0 radical (unpaired) electrons. The fraction of sp³-hybridized carbons (Fsp3) is 0.286. The maximum atomic E-state index is 6.08. The molecule has 4 N–H and O–H groups in total. The Balaban J connectivity index is 2.01. The molecule has 0 unspecified atom stereocenters. The van der Waals surface area contributed by atoms with Crippen molar-refractivity contribution in [2.45, 2.75) is 12.8 Å². The van der Waals surface area contributed by atoms with Crippen molar-refractivity contribution in [3.63, 3.8) is 0 Å². The minimum atomic E-state index is 0.475. The highest BCUT2D eigenvalue weighted by molar-refractivity contribution is 6.32. The summed E-state index contributed by atoms with van der Waals surface area (Å²) in [6, 6.07) is 7.31. The largest absolute Gasteiger partial charge is 0.369 e. The Labute approximate surface area is 133 Å². The monoisotopic (exact) mass is 325 g/mol. The number of nitrogens with zero attached hydrogens (tertiary/aromatic N) is 2. The van der Waals surface area contributed by atoms with Crippen molar-refractivity contribution in [2.75, 3.05) is 23.7 Å². The molecule has 0 amide bonds. The van der Waals surface area contributed by atoms with E-state index in [1.807, 2.05) is 12.1 Å². The smallest absolute Gasteiger partial charge is 0.229 e. The molecule has 5 nitrogen and oxygen atoms in total. The number of anilines is 3. The zero-order valence-electron chi connectivity index (χ0n) is 11.4. The molecule has 1 aromatic heterocycles. The summed E-state index contributed by atoms with van der Waals surface area (Å²) in [4.78, 5) is 8.51. The Bertz CT molecular complexity index is 574. The van der Waals surface area contributed by atoms with Gasteiger partial charge in [0.05, 0.1) is 6.20 Å². The van der Waals surface area contributed by atoms with E-state index in [2.05, 4.69) is 20.6 Å². The normalized spacial score (nSPS) is 10.4. The average Bonchev–Trinajstić information content (AvgIpc) is 2.49. The van der Waals surface area contributed by atoms with E-state index in [0.29, 0.717) is 28.4 Å². The number of hydrogen-bond donors (Lipinski definition) is 3. The van der Waals surface area contributed by atoms with Crippen LogP contribution in [0, 0.1) is 0 Å². The summed E-state index contributed by atoms with van der Waals surface area (Å²) in [5.74, 6) is 1.09. The van der Waals surface area contributed by atoms with Gasteiger partial charge in [0.15, 0.2) is 0 Å². The summed E-state index contributed by atoms with van der Waals surface area (Å²) >= 11 is 11.9. The molecule has 0 bridgehead atoms. The Kier molecular flexibility index (Phi) is 6.04. The molecule has 0 aliphatic carbocycles. The molecule has 0 spiro atoms. The fourth-order valence-corrected chi connectivity index (χ4v) is 1.97. The van der Waals surface area contributed by atoms with E-state index in [0.717, 1.165) is 25.1 Å². The highest BCUT2D eigenvalue weighted by Gasteiger charge is 2.05. The highest BCUT2D eigenvalue weighted by atomic mass is 35.5. The van der Waals surface area contributed by atoms with Gasteiger partial charge in [0.2, 0.25) is 5.95 Å². The third kappa shape index (κ3) is 5.04. The minimum Gasteiger partial charge on any atom is -0.369 e. The molecule has 0 saturated heterocycles. The van der Waals surface area contributed by atoms with Gasteiger partial charge in [-0.25, -0.2) is 4.98 Å². The second-order valence-corrected chi connectivity index (χ2v) is 5.29. The molecule has 2 rings (SSSR count). The van der Waals surface area contributed by atoms with Crippen molar-refractivity contribution < 1.29 is 0 Å². The molecule has 1 heterocycles. The van der Waals surface area contributed by atoms with E-state index in [4.69, 9.17) is 28.9 Å². The first-order chi connectivity index (χ1) is 10.2. The molecule has 7 heteroatoms. The van der Waals surface area contributed by atoms with Crippen LogP contribution in [0.3, 0.4) is 0 Å². The number of unbranched alkanes of at least 4 members (excludes halogenated alkanes) is 1. The number of benzene rings is 1. The van der Waals surface area contributed by atoms with E-state index in [9.17, 15) is 0 Å². The van der Waals surface area contributed by atoms with Crippen molar-refractivity contribution in [3.8, 4) is 0 Å². The zero-order valence-corrected chi connectivity index (χ0v) is 13.0. The average molecular weight is 326 g/mol. The number of nitrogens with two attached hydrogens (primary N) is 1. The van der Waals surface area contributed by atoms with Crippen LogP contribution in [0.4, 0.5) is 17.5 Å². The van der Waals surface area contributed by atoms with Crippen molar-refractivity contribution in [2.24, 2.45) is 5.73 Å². The molecular weight excluding hydrogens is 309 g/mol. The topological polar surface area (TPSA) is 75.9 Å². The molecule has 0 saturated carbocycles. The molecule has 2 aromatic rings. The first kappa shape index (κ1) is 15.8. The van der Waals surface area contributed by atoms with Crippen LogP contribution in [0.1, 0.15) is 12.8 Å². The van der Waals surface area contributed by atoms with Gasteiger partial charge in [0.1, 0.15) is 10.8 Å². The number of aromatic nitrogens is 2. The van der Waals surface area contributed by atoms with Gasteiger partial charge < -0.3 is 16.4 Å². The van der Waals surface area contributed by atoms with Gasteiger partial charge in [-0.05, 0) is 43.7 Å². The van der Waals surface area contributed by atoms with E-state index in [1.54, 1.807) is 18.3 Å². The number of halogens is 2. The summed E-state index contributed by atoms with van der Waals surface area (Å²) in [6.07, 6.45) is 3.50. The van der Waals surface area contributed by atoms with E-state index in [-0.39, 0.29) is 0 Å². The lowest BCUT2D eigenvalue weighted by atomic mass is 10.3. The van der Waals surface area contributed by atoms with Gasteiger partial charge in [-0.1, -0.05) is 23.2 Å². The summed E-state index contributed by atoms with van der Waals surface area (Å²) in [5, 5.41) is 7.45. The molecule has 1 aromatic carbocycles. The van der Waals surface area contributed by atoms with Gasteiger partial charge in [0.25, 0.3) is 0 Å². The van der Waals surface area contributed by atoms with Gasteiger partial charge in [-0.15, -0.1) is 0 Å². The molecule has 0 aliphatic heterocycles. The Hall–Kier alpha value is -1.56. The van der Waals surface area contributed by atoms with Gasteiger partial charge in [0, 0.05) is 17.3 Å². The van der Waals surface area contributed by atoms with Crippen LogP contribution in [0.15, 0.2) is 30.5 Å². The lowest BCUT2D eigenvalue weighted by molar-refractivity contribution is 0.772. The number of nitrogens with one attached hydrogen (secondary N) is 2. The van der Waals surface area contributed by atoms with Crippen LogP contribution < -0.4 is 16.4 Å². The maximum Gasteiger partial charge on any atom is 0.229 e. The van der Waals surface area contributed by atoms with Crippen molar-refractivity contribution in [1.29, 1.82) is 0 Å². The summed E-state index contributed by atoms with van der Waals surface area (Å²) in [6.45, 7) is 1.46. The van der Waals surface area contributed by atoms with Crippen LogP contribution in [0.5, 0.6) is 0 Å². The van der Waals surface area contributed by atoms with Crippen LogP contribution >= 0.6 is 23.2 Å². The lowest BCUT2D eigenvalue weighted by Crippen LogP contribution is -2.08. The first-order valence-electron chi connectivity index (χ1n) is 6.68. The van der Waals surface area contributed by atoms with Crippen molar-refractivity contribution in [3.05, 3.63) is 40.5 Å². The first-order valence-corrected chi connectivity index (χ1v) is 7.43. The van der Waals surface area contributed by atoms with Gasteiger partial charge in [-0.2, -0.15) is 4.98 Å². The third-order valence-electron chi connectivity index (χ3n) is 2.77. The van der Waals surface area contributed by atoms with Crippen LogP contribution in [-0.2, 0) is 0 Å². The Morgan fingerprint density at radius 2 is 1.86 bits per heavy atom. The van der Waals surface area contributed by atoms with Crippen molar-refractivity contribution in [1.82, 2.24) is 9.97 Å². The molecule has 0 fully saturated rings. The summed E-state index contributed by atoms with van der Waals surface area (Å²) in [7, 11) is 0. The second kappa shape index (κ2) is 8.02. The molecule has 0 aliphatic rings. The standard InChI is InChI=1S/C14H17Cl2N5/c15-10-3-5-11(6-4-10)20-14-19-9-12(16)13(21-14)18-8-2-1-7-17/h3-6,9H,1-2,7-8,17H2,(H2,18,19,20,21). The SMILES string of the molecule is NCCCCNc1nc(Nc2ccc(Cl)cc2)ncc1Cl. The predicted molar refractivity (Wildman–Crippen MR) is 88.6 cm³/mol. The van der Waals surface area contributed by atoms with E-state index in [1.165, 1.54) is 0 Å². The maximum absolute atomic E-state index is 6.08. The van der Waals surface area contributed by atoms with Crippen LogP contribution in [0.2, 0.25) is 10.0 Å². The third-order valence-corrected chi connectivity index (χ3v) is 3.30. The van der Waals surface area contributed by atoms with Crippen LogP contribution in [-0.4, -0.2) is 23.1 Å². The fourth-order valence-electron chi connectivity index (χ4n) is 1.69. The second-order valence-electron chi connectivity index (χ2n) is 4.44. The molecule has 0 atom stereocenters. The molecule has 21 heavy (non-hydrogen) atoms. The summed E-state index contributed by atoms with van der Waals surface area (Å²) in [5.41, 5.74) is 6.32. The van der Waals surface area contributed by atoms with Crippen LogP contribution in [0.25, 0.3) is 0 Å². The van der Waals surface area contributed by atoms with Gasteiger partial charge >= 0.3 is 0 Å². The quantitative estimate of drug-likeness (QED) is 0.677. The van der Waals surface area contributed by atoms with Crippen molar-refractivity contribution >= 4 is 40.7 Å². The number of hydrogen-bond acceptors (Lipinski definition) is 5. The molecular formula is C14H17Cl2N5. The van der Waals surface area contributed by atoms with E-state index >= 15 is 0 Å². The highest BCUT2D eigenvalue weighted by Crippen LogP contribution is 2.22. The minimum absolute atomic E-state index is 0.475. The zero-order chi connectivity index (χ0) is 15.1. The Morgan fingerprint density at radius 3 is 2.57 bits per heavy atom. The van der Waals surface area contributed by atoms with Gasteiger partial charge in [-0.3, -0.25) is 0 Å². The Morgan fingerprint density at radius 1 is 1.10 bits per heavy atom.